The third kappa shape index (κ3) is 16.9. The van der Waals surface area contributed by atoms with E-state index in [1.807, 2.05) is 20.8 Å². The molecule has 0 unspecified atom stereocenters. The minimum absolute atomic E-state index is 0.278. The molecule has 0 saturated carbocycles. The molecule has 14 heavy (non-hydrogen) atoms. The lowest BCUT2D eigenvalue weighted by molar-refractivity contribution is -0.148. The number of rotatable bonds is 2. The molecule has 0 saturated heterocycles. The predicted octanol–water partition coefficient (Wildman–Crippen LogP) is 0.544. The van der Waals surface area contributed by atoms with Crippen molar-refractivity contribution in [3.8, 4) is 0 Å². The van der Waals surface area contributed by atoms with Crippen LogP contribution in [0.25, 0.3) is 0 Å². The first-order valence-corrected chi connectivity index (χ1v) is 4.00. The van der Waals surface area contributed by atoms with Gasteiger partial charge in [0.1, 0.15) is 5.60 Å². The van der Waals surface area contributed by atoms with Gasteiger partial charge in [-0.25, -0.2) is 4.79 Å². The van der Waals surface area contributed by atoms with Crippen LogP contribution in [0.1, 0.15) is 20.8 Å². The lowest BCUT2D eigenvalue weighted by Crippen LogP contribution is -2.22. The van der Waals surface area contributed by atoms with Gasteiger partial charge in [0.25, 0.3) is 0 Å². The van der Waals surface area contributed by atoms with Crippen LogP contribution in [0.15, 0.2) is 12.7 Å². The fraction of sp³-hybridized carbons (Fsp3) is 0.556. The number of carboxylic acid groups (broad SMARTS) is 1. The Balaban J connectivity index is 0. The summed E-state index contributed by atoms with van der Waals surface area (Å²) in [5.41, 5.74) is 4.17. The largest absolute Gasteiger partial charge is 0.480 e. The summed E-state index contributed by atoms with van der Waals surface area (Å²) in [6, 6.07) is 0. The number of hydrogen-bond donors (Lipinski definition) is 2. The maximum atomic E-state index is 10.5. The molecule has 0 atom stereocenters. The first kappa shape index (κ1) is 15.1. The van der Waals surface area contributed by atoms with E-state index in [0.717, 1.165) is 6.08 Å². The lowest BCUT2D eigenvalue weighted by atomic mass is 10.2. The lowest BCUT2D eigenvalue weighted by Gasteiger charge is -2.17. The Morgan fingerprint density at radius 3 is 1.93 bits per heavy atom. The van der Waals surface area contributed by atoms with Crippen molar-refractivity contribution >= 4 is 11.9 Å². The average Bonchev–Trinajstić information content (AvgIpc) is 2.02. The topological polar surface area (TPSA) is 89.6 Å². The zero-order valence-corrected chi connectivity index (χ0v) is 8.74. The molecular weight excluding hydrogens is 186 g/mol. The Kier molecular flexibility index (Phi) is 7.65. The van der Waals surface area contributed by atoms with Gasteiger partial charge in [0, 0.05) is 6.08 Å². The second kappa shape index (κ2) is 7.08. The Morgan fingerprint density at radius 1 is 1.50 bits per heavy atom. The van der Waals surface area contributed by atoms with Crippen molar-refractivity contribution in [3.63, 3.8) is 0 Å². The smallest absolute Gasteiger partial charge is 0.330 e. The van der Waals surface area contributed by atoms with Gasteiger partial charge < -0.3 is 15.6 Å². The van der Waals surface area contributed by atoms with Crippen LogP contribution in [0.5, 0.6) is 0 Å². The molecule has 0 aliphatic heterocycles. The number of carboxylic acids is 1. The molecule has 0 fully saturated rings. The van der Waals surface area contributed by atoms with Crippen LogP contribution in [0.4, 0.5) is 0 Å². The molecule has 5 nitrogen and oxygen atoms in total. The van der Waals surface area contributed by atoms with Gasteiger partial charge in [-0.3, -0.25) is 4.79 Å². The number of aliphatic carboxylic acids is 1. The SMILES string of the molecule is C=CC(=O)OC(C)(C)C.NCC(=O)O. The Labute approximate surface area is 83.5 Å². The number of ether oxygens (including phenoxy) is 1. The molecule has 3 N–H and O–H groups in total. The van der Waals surface area contributed by atoms with Crippen LogP contribution in [-0.4, -0.2) is 29.2 Å². The minimum atomic E-state index is -0.968. The van der Waals surface area contributed by atoms with Gasteiger partial charge in [-0.05, 0) is 20.8 Å². The molecule has 0 aromatic carbocycles. The Hall–Kier alpha value is -1.36. The third-order valence-corrected chi connectivity index (χ3v) is 0.748. The highest BCUT2D eigenvalue weighted by molar-refractivity contribution is 5.81. The number of carbonyl (C=O) groups is 2. The summed E-state index contributed by atoms with van der Waals surface area (Å²) in [4.78, 5) is 19.7. The molecule has 0 rings (SSSR count). The highest BCUT2D eigenvalue weighted by Crippen LogP contribution is 2.06. The van der Waals surface area contributed by atoms with E-state index in [2.05, 4.69) is 12.3 Å². The molecule has 0 bridgehead atoms. The van der Waals surface area contributed by atoms with Crippen molar-refractivity contribution < 1.29 is 19.4 Å². The van der Waals surface area contributed by atoms with E-state index in [-0.39, 0.29) is 12.5 Å². The van der Waals surface area contributed by atoms with Crippen molar-refractivity contribution in [2.45, 2.75) is 26.4 Å². The first-order valence-electron chi connectivity index (χ1n) is 4.00. The van der Waals surface area contributed by atoms with Gasteiger partial charge in [-0.1, -0.05) is 6.58 Å². The molecule has 0 aromatic rings. The van der Waals surface area contributed by atoms with Crippen LogP contribution in [0.2, 0.25) is 0 Å². The molecule has 82 valence electrons. The van der Waals surface area contributed by atoms with Gasteiger partial charge in [0.2, 0.25) is 0 Å². The summed E-state index contributed by atoms with van der Waals surface area (Å²) in [6.45, 7) is 8.43. The van der Waals surface area contributed by atoms with Crippen LogP contribution < -0.4 is 5.73 Å². The molecule has 0 aliphatic carbocycles. The molecule has 0 aliphatic rings. The first-order chi connectivity index (χ1) is 6.22. The molecular formula is C9H17NO4. The van der Waals surface area contributed by atoms with E-state index in [1.165, 1.54) is 0 Å². The predicted molar refractivity (Wildman–Crippen MR) is 52.7 cm³/mol. The Morgan fingerprint density at radius 2 is 1.86 bits per heavy atom. The van der Waals surface area contributed by atoms with E-state index < -0.39 is 11.6 Å². The van der Waals surface area contributed by atoms with Crippen LogP contribution >= 0.6 is 0 Å². The summed E-state index contributed by atoms with van der Waals surface area (Å²) < 4.78 is 4.83. The van der Waals surface area contributed by atoms with Gasteiger partial charge in [-0.2, -0.15) is 0 Å². The molecule has 0 amide bonds. The summed E-state index contributed by atoms with van der Waals surface area (Å²) in [6.07, 6.45) is 1.16. The number of carbonyl (C=O) groups excluding carboxylic acids is 1. The average molecular weight is 203 g/mol. The van der Waals surface area contributed by atoms with E-state index in [0.29, 0.717) is 0 Å². The van der Waals surface area contributed by atoms with E-state index in [1.54, 1.807) is 0 Å². The maximum absolute atomic E-state index is 10.5. The summed E-state index contributed by atoms with van der Waals surface area (Å²) in [7, 11) is 0. The normalized spacial score (nSPS) is 9.43. The number of hydrogen-bond acceptors (Lipinski definition) is 4. The molecule has 0 heterocycles. The minimum Gasteiger partial charge on any atom is -0.480 e. The Bertz CT molecular complexity index is 205. The second-order valence-corrected chi connectivity index (χ2v) is 3.34. The van der Waals surface area contributed by atoms with E-state index in [9.17, 15) is 9.59 Å². The summed E-state index contributed by atoms with van der Waals surface area (Å²) in [5, 5.41) is 7.60. The van der Waals surface area contributed by atoms with Gasteiger partial charge in [0.05, 0.1) is 6.54 Å². The van der Waals surface area contributed by atoms with Crippen molar-refractivity contribution in [2.75, 3.05) is 6.54 Å². The quantitative estimate of drug-likeness (QED) is 0.505. The third-order valence-electron chi connectivity index (χ3n) is 0.748. The number of esters is 1. The highest BCUT2D eigenvalue weighted by Gasteiger charge is 2.12. The number of nitrogens with two attached hydrogens (primary N) is 1. The highest BCUT2D eigenvalue weighted by atomic mass is 16.6. The molecule has 5 heteroatoms. The molecule has 0 spiro atoms. The second-order valence-electron chi connectivity index (χ2n) is 3.34. The van der Waals surface area contributed by atoms with Crippen molar-refractivity contribution in [1.82, 2.24) is 0 Å². The summed E-state index contributed by atoms with van der Waals surface area (Å²) >= 11 is 0. The van der Waals surface area contributed by atoms with E-state index >= 15 is 0 Å². The van der Waals surface area contributed by atoms with Crippen molar-refractivity contribution in [3.05, 3.63) is 12.7 Å². The standard InChI is InChI=1S/C7H12O2.C2H5NO2/c1-5-6(8)9-7(2,3)4;3-1-2(4)5/h5H,1H2,2-4H3;1,3H2,(H,4,5). The van der Waals surface area contributed by atoms with E-state index in [4.69, 9.17) is 9.84 Å². The van der Waals surface area contributed by atoms with Crippen LogP contribution in [-0.2, 0) is 14.3 Å². The van der Waals surface area contributed by atoms with Gasteiger partial charge in [-0.15, -0.1) is 0 Å². The zero-order chi connectivity index (χ0) is 11.8. The van der Waals surface area contributed by atoms with Gasteiger partial charge in [0.15, 0.2) is 0 Å². The molecule has 0 radical (unpaired) electrons. The summed E-state index contributed by atoms with van der Waals surface area (Å²) in [5.74, 6) is -1.34. The van der Waals surface area contributed by atoms with Crippen molar-refractivity contribution in [2.24, 2.45) is 5.73 Å². The monoisotopic (exact) mass is 203 g/mol. The van der Waals surface area contributed by atoms with Crippen LogP contribution in [0, 0.1) is 0 Å². The maximum Gasteiger partial charge on any atom is 0.330 e. The molecule has 0 aromatic heterocycles. The zero-order valence-electron chi connectivity index (χ0n) is 8.74. The van der Waals surface area contributed by atoms with Crippen LogP contribution in [0.3, 0.4) is 0 Å². The fourth-order valence-electron chi connectivity index (χ4n) is 0.343. The fourth-order valence-corrected chi connectivity index (χ4v) is 0.343. The van der Waals surface area contributed by atoms with Gasteiger partial charge >= 0.3 is 11.9 Å². The van der Waals surface area contributed by atoms with Crippen molar-refractivity contribution in [1.29, 1.82) is 0 Å².